The molecule has 0 aromatic heterocycles. The molecule has 2 aromatic carbocycles. The molecule has 30 heavy (non-hydrogen) atoms. The third-order valence-electron chi connectivity index (χ3n) is 5.62. The van der Waals surface area contributed by atoms with Crippen LogP contribution in [0.1, 0.15) is 32.3 Å². The number of amides is 2. The second-order valence-corrected chi connectivity index (χ2v) is 7.89. The fourth-order valence-electron chi connectivity index (χ4n) is 4.11. The van der Waals surface area contributed by atoms with E-state index in [0.717, 1.165) is 18.8 Å². The zero-order chi connectivity index (χ0) is 21.3. The normalized spacial score (nSPS) is 16.8. The number of ether oxygens (including phenoxy) is 1. The first-order valence-electron chi connectivity index (χ1n) is 10.4. The van der Waals surface area contributed by atoms with Crippen LogP contribution in [0.5, 0.6) is 5.75 Å². The van der Waals surface area contributed by atoms with Gasteiger partial charge in [-0.15, -0.1) is 0 Å². The first-order valence-corrected chi connectivity index (χ1v) is 10.4. The summed E-state index contributed by atoms with van der Waals surface area (Å²) in [6, 6.07) is 15.1. The number of carbonyl (C=O) groups is 2. The van der Waals surface area contributed by atoms with Gasteiger partial charge in [0.1, 0.15) is 11.4 Å². The van der Waals surface area contributed by atoms with Crippen molar-refractivity contribution in [3.05, 3.63) is 59.8 Å². The number of hydrogen-bond acceptors (Lipinski definition) is 5. The molecule has 2 aliphatic rings. The van der Waals surface area contributed by atoms with Crippen LogP contribution in [0, 0.1) is 0 Å². The minimum absolute atomic E-state index is 0.244. The summed E-state index contributed by atoms with van der Waals surface area (Å²) in [5.41, 5.74) is 3.18. The van der Waals surface area contributed by atoms with Crippen molar-refractivity contribution in [2.45, 2.75) is 32.7 Å². The minimum atomic E-state index is -0.320. The van der Waals surface area contributed by atoms with Gasteiger partial charge in [0.25, 0.3) is 11.8 Å². The topological polar surface area (TPSA) is 61.9 Å². The van der Waals surface area contributed by atoms with Gasteiger partial charge in [-0.3, -0.25) is 14.5 Å². The number of anilines is 2. The van der Waals surface area contributed by atoms with E-state index in [1.54, 1.807) is 19.2 Å². The second kappa shape index (κ2) is 8.22. The summed E-state index contributed by atoms with van der Waals surface area (Å²) in [4.78, 5) is 30.0. The molecule has 2 amide bonds. The fraction of sp³-hybridized carbons (Fsp3) is 0.333. The van der Waals surface area contributed by atoms with Crippen molar-refractivity contribution in [3.8, 4) is 5.75 Å². The molecule has 1 fully saturated rings. The van der Waals surface area contributed by atoms with E-state index in [4.69, 9.17) is 4.74 Å². The number of methoxy groups -OCH3 is 1. The zero-order valence-corrected chi connectivity index (χ0v) is 17.6. The van der Waals surface area contributed by atoms with Gasteiger partial charge in [0.15, 0.2) is 0 Å². The highest BCUT2D eigenvalue weighted by atomic mass is 16.5. The first kappa shape index (κ1) is 20.0. The van der Waals surface area contributed by atoms with E-state index in [-0.39, 0.29) is 23.6 Å². The average molecular weight is 405 g/mol. The number of para-hydroxylation sites is 1. The van der Waals surface area contributed by atoms with Crippen molar-refractivity contribution in [1.82, 2.24) is 4.90 Å². The Balaban J connectivity index is 1.72. The smallest absolute Gasteiger partial charge is 0.278 e. The Morgan fingerprint density at radius 1 is 0.933 bits per heavy atom. The number of imide groups is 1. The molecule has 2 aliphatic heterocycles. The highest BCUT2D eigenvalue weighted by molar-refractivity contribution is 6.37. The van der Waals surface area contributed by atoms with Crippen LogP contribution in [0.2, 0.25) is 0 Å². The van der Waals surface area contributed by atoms with Gasteiger partial charge in [0.2, 0.25) is 0 Å². The molecule has 6 heteroatoms. The van der Waals surface area contributed by atoms with E-state index >= 15 is 0 Å². The number of carbonyl (C=O) groups excluding carboxylic acids is 2. The monoisotopic (exact) mass is 405 g/mol. The maximum absolute atomic E-state index is 13.2. The van der Waals surface area contributed by atoms with Crippen LogP contribution in [0.3, 0.4) is 0 Å². The lowest BCUT2D eigenvalue weighted by atomic mass is 10.0. The summed E-state index contributed by atoms with van der Waals surface area (Å²) in [6.45, 7) is 5.82. The molecule has 1 saturated heterocycles. The van der Waals surface area contributed by atoms with Crippen LogP contribution >= 0.6 is 0 Å². The first-order chi connectivity index (χ1) is 14.5. The predicted molar refractivity (Wildman–Crippen MR) is 118 cm³/mol. The molecule has 156 valence electrons. The zero-order valence-electron chi connectivity index (χ0n) is 17.6. The van der Waals surface area contributed by atoms with Gasteiger partial charge < -0.3 is 15.0 Å². The molecule has 0 aliphatic carbocycles. The lowest BCUT2D eigenvalue weighted by molar-refractivity contribution is -0.138. The average Bonchev–Trinajstić information content (AvgIpc) is 3.36. The third-order valence-corrected chi connectivity index (χ3v) is 5.62. The SMILES string of the molecule is COc1ccccc1C1=C(Nc2ccc(N3CCCC3)cc2)C(=O)N(C(C)C)C1=O. The highest BCUT2D eigenvalue weighted by Gasteiger charge is 2.41. The van der Waals surface area contributed by atoms with Crippen LogP contribution in [-0.4, -0.2) is 43.0 Å². The highest BCUT2D eigenvalue weighted by Crippen LogP contribution is 2.36. The van der Waals surface area contributed by atoms with Crippen LogP contribution in [0.4, 0.5) is 11.4 Å². The van der Waals surface area contributed by atoms with E-state index in [0.29, 0.717) is 16.9 Å². The quantitative estimate of drug-likeness (QED) is 0.739. The Kier molecular flexibility index (Phi) is 5.48. The summed E-state index contributed by atoms with van der Waals surface area (Å²) in [5.74, 6) is -0.0712. The van der Waals surface area contributed by atoms with Gasteiger partial charge in [0, 0.05) is 36.1 Å². The maximum Gasteiger partial charge on any atom is 0.278 e. The summed E-state index contributed by atoms with van der Waals surface area (Å²) in [5, 5.41) is 3.22. The number of benzene rings is 2. The predicted octanol–water partition coefficient (Wildman–Crippen LogP) is 3.90. The number of rotatable bonds is 6. The molecule has 0 bridgehead atoms. The van der Waals surface area contributed by atoms with Crippen LogP contribution in [-0.2, 0) is 9.59 Å². The molecule has 0 radical (unpaired) electrons. The molecule has 0 unspecified atom stereocenters. The fourth-order valence-corrected chi connectivity index (χ4v) is 4.11. The van der Waals surface area contributed by atoms with Crippen molar-refractivity contribution in [1.29, 1.82) is 0 Å². The van der Waals surface area contributed by atoms with Crippen molar-refractivity contribution in [2.24, 2.45) is 0 Å². The van der Waals surface area contributed by atoms with Gasteiger partial charge in [-0.05, 0) is 57.0 Å². The largest absolute Gasteiger partial charge is 0.496 e. The van der Waals surface area contributed by atoms with Gasteiger partial charge in [-0.2, -0.15) is 0 Å². The molecule has 0 spiro atoms. The molecule has 4 rings (SSSR count). The lowest BCUT2D eigenvalue weighted by Gasteiger charge is -2.20. The molecule has 0 saturated carbocycles. The number of hydrogen-bond donors (Lipinski definition) is 1. The third kappa shape index (κ3) is 3.54. The summed E-state index contributed by atoms with van der Waals surface area (Å²) >= 11 is 0. The van der Waals surface area contributed by atoms with Crippen LogP contribution in [0.15, 0.2) is 54.2 Å². The number of nitrogens with zero attached hydrogens (tertiary/aromatic N) is 2. The Bertz CT molecular complexity index is 989. The Hall–Kier alpha value is -3.28. The van der Waals surface area contributed by atoms with Gasteiger partial charge >= 0.3 is 0 Å². The van der Waals surface area contributed by atoms with Crippen molar-refractivity contribution >= 4 is 28.8 Å². The minimum Gasteiger partial charge on any atom is -0.496 e. The van der Waals surface area contributed by atoms with Crippen molar-refractivity contribution in [2.75, 3.05) is 30.4 Å². The molecule has 2 heterocycles. The number of nitrogens with one attached hydrogen (secondary N) is 1. The van der Waals surface area contributed by atoms with Crippen molar-refractivity contribution in [3.63, 3.8) is 0 Å². The molecule has 6 nitrogen and oxygen atoms in total. The molecule has 1 N–H and O–H groups in total. The van der Waals surface area contributed by atoms with Gasteiger partial charge in [0.05, 0.1) is 12.7 Å². The Morgan fingerprint density at radius 2 is 1.60 bits per heavy atom. The van der Waals surface area contributed by atoms with E-state index < -0.39 is 0 Å². The van der Waals surface area contributed by atoms with E-state index in [2.05, 4.69) is 22.3 Å². The van der Waals surface area contributed by atoms with Gasteiger partial charge in [-0.25, -0.2) is 0 Å². The molecule has 0 atom stereocenters. The molecule has 2 aromatic rings. The van der Waals surface area contributed by atoms with Crippen LogP contribution < -0.4 is 15.0 Å². The van der Waals surface area contributed by atoms with E-state index in [1.807, 2.05) is 38.1 Å². The lowest BCUT2D eigenvalue weighted by Crippen LogP contribution is -2.38. The van der Waals surface area contributed by atoms with Gasteiger partial charge in [-0.1, -0.05) is 18.2 Å². The Morgan fingerprint density at radius 3 is 2.23 bits per heavy atom. The summed E-state index contributed by atoms with van der Waals surface area (Å²) in [6.07, 6.45) is 2.44. The Labute approximate surface area is 177 Å². The second-order valence-electron chi connectivity index (χ2n) is 7.89. The standard InChI is InChI=1S/C24H27N3O3/c1-16(2)27-23(28)21(19-8-4-5-9-20(19)30-3)22(24(27)29)25-17-10-12-18(13-11-17)26-14-6-7-15-26/h4-5,8-13,16,25H,6-7,14-15H2,1-3H3. The molecular weight excluding hydrogens is 378 g/mol. The van der Waals surface area contributed by atoms with Crippen LogP contribution in [0.25, 0.3) is 5.57 Å². The maximum atomic E-state index is 13.2. The summed E-state index contributed by atoms with van der Waals surface area (Å²) in [7, 11) is 1.56. The molecular formula is C24H27N3O3. The van der Waals surface area contributed by atoms with Crippen molar-refractivity contribution < 1.29 is 14.3 Å². The summed E-state index contributed by atoms with van der Waals surface area (Å²) < 4.78 is 5.46. The van der Waals surface area contributed by atoms with E-state index in [1.165, 1.54) is 23.4 Å². The van der Waals surface area contributed by atoms with E-state index in [9.17, 15) is 9.59 Å².